The van der Waals surface area contributed by atoms with Crippen molar-refractivity contribution in [1.82, 2.24) is 5.32 Å². The quantitative estimate of drug-likeness (QED) is 0.0217. The van der Waals surface area contributed by atoms with Crippen LogP contribution in [-0.4, -0.2) is 96.8 Å². The normalized spacial score (nSPS) is 23.3. The lowest BCUT2D eigenvalue weighted by molar-refractivity contribution is -0.220. The molecule has 13 heteroatoms. The molecule has 0 spiro atoms. The van der Waals surface area contributed by atoms with Crippen molar-refractivity contribution < 1.29 is 53.9 Å². The van der Waals surface area contributed by atoms with Crippen LogP contribution in [0.15, 0.2) is 0 Å². The van der Waals surface area contributed by atoms with Gasteiger partial charge in [-0.2, -0.15) is 0 Å². The molecule has 8 N–H and O–H groups in total. The van der Waals surface area contributed by atoms with Crippen LogP contribution in [0.1, 0.15) is 219 Å². The van der Waals surface area contributed by atoms with Gasteiger partial charge in [0, 0.05) is 6.42 Å². The van der Waals surface area contributed by atoms with Crippen LogP contribution in [0.25, 0.3) is 0 Å². The largest absolute Gasteiger partial charge is 0.472 e. The van der Waals surface area contributed by atoms with E-state index in [0.717, 1.165) is 38.5 Å². The average Bonchev–Trinajstić information content (AvgIpc) is 3.19. The molecule has 0 heterocycles. The molecule has 1 aliphatic rings. The van der Waals surface area contributed by atoms with E-state index < -0.39 is 63.2 Å². The number of aliphatic hydroxyl groups is 6. The number of carbonyl (C=O) groups is 1. The summed E-state index contributed by atoms with van der Waals surface area (Å²) < 4.78 is 22.9. The van der Waals surface area contributed by atoms with Crippen LogP contribution < -0.4 is 5.32 Å². The molecule has 0 aromatic rings. The van der Waals surface area contributed by atoms with Crippen molar-refractivity contribution in [3.05, 3.63) is 0 Å². The van der Waals surface area contributed by atoms with Crippen molar-refractivity contribution >= 4 is 13.7 Å². The molecule has 0 aromatic carbocycles. The summed E-state index contributed by atoms with van der Waals surface area (Å²) in [6.45, 7) is 3.89. The van der Waals surface area contributed by atoms with Gasteiger partial charge in [-0.3, -0.25) is 13.8 Å². The number of hydrogen-bond donors (Lipinski definition) is 8. The highest BCUT2D eigenvalue weighted by Crippen LogP contribution is 2.47. The minimum absolute atomic E-state index is 0.242. The predicted molar refractivity (Wildman–Crippen MR) is 228 cm³/mol. The number of nitrogens with one attached hydrogen (secondary N) is 1. The van der Waals surface area contributed by atoms with Crippen LogP contribution in [0.4, 0.5) is 0 Å². The van der Waals surface area contributed by atoms with Crippen LogP contribution in [-0.2, 0) is 18.4 Å². The fraction of sp³-hybridized carbons (Fsp3) is 0.977. The van der Waals surface area contributed by atoms with Gasteiger partial charge in [-0.15, -0.1) is 0 Å². The zero-order valence-electron chi connectivity index (χ0n) is 36.2. The SMILES string of the molecule is CCCCCCCCCCCCCCCCCCCCC(=O)N[C@@H](COP(=O)(O)OC1C(O)C(O)C(O)[C@@H](O)C1O)[C@H](O)CCCCCCCCCCCCCC. The maximum absolute atomic E-state index is 12.9. The van der Waals surface area contributed by atoms with Crippen LogP contribution in [0.5, 0.6) is 0 Å². The van der Waals surface area contributed by atoms with E-state index in [1.807, 2.05) is 0 Å². The minimum atomic E-state index is -5.05. The Kier molecular flexibility index (Phi) is 33.4. The molecule has 0 saturated heterocycles. The third kappa shape index (κ3) is 27.0. The van der Waals surface area contributed by atoms with E-state index in [-0.39, 0.29) is 12.3 Å². The van der Waals surface area contributed by atoms with Crippen molar-refractivity contribution in [3.8, 4) is 0 Å². The summed E-state index contributed by atoms with van der Waals surface area (Å²) in [4.78, 5) is 23.4. The zero-order valence-corrected chi connectivity index (χ0v) is 37.1. The zero-order chi connectivity index (χ0) is 42.2. The molecule has 340 valence electrons. The first-order chi connectivity index (χ1) is 27.4. The first-order valence-electron chi connectivity index (χ1n) is 23.5. The molecule has 1 fully saturated rings. The van der Waals surface area contributed by atoms with Gasteiger partial charge < -0.3 is 40.8 Å². The van der Waals surface area contributed by atoms with E-state index in [2.05, 4.69) is 19.2 Å². The number of rotatable bonds is 39. The second-order valence-corrected chi connectivity index (χ2v) is 18.4. The first kappa shape index (κ1) is 54.4. The van der Waals surface area contributed by atoms with Gasteiger partial charge in [-0.1, -0.05) is 200 Å². The van der Waals surface area contributed by atoms with Crippen LogP contribution in [0.3, 0.4) is 0 Å². The molecule has 57 heavy (non-hydrogen) atoms. The molecule has 6 unspecified atom stereocenters. The molecule has 1 saturated carbocycles. The maximum Gasteiger partial charge on any atom is 0.472 e. The predicted octanol–water partition coefficient (Wildman–Crippen LogP) is 8.68. The first-order valence-corrected chi connectivity index (χ1v) is 25.0. The van der Waals surface area contributed by atoms with E-state index in [1.54, 1.807) is 0 Å². The monoisotopic (exact) mass is 838 g/mol. The average molecular weight is 838 g/mol. The number of aliphatic hydroxyl groups excluding tert-OH is 6. The number of phosphoric ester groups is 1. The van der Waals surface area contributed by atoms with E-state index in [9.17, 15) is 44.9 Å². The second-order valence-electron chi connectivity index (χ2n) is 17.0. The molecule has 1 rings (SSSR count). The van der Waals surface area contributed by atoms with E-state index >= 15 is 0 Å². The van der Waals surface area contributed by atoms with Gasteiger partial charge in [0.2, 0.25) is 5.91 Å². The van der Waals surface area contributed by atoms with E-state index in [4.69, 9.17) is 9.05 Å². The van der Waals surface area contributed by atoms with E-state index in [0.29, 0.717) is 19.3 Å². The highest BCUT2D eigenvalue weighted by atomic mass is 31.2. The van der Waals surface area contributed by atoms with Crippen molar-refractivity contribution in [1.29, 1.82) is 0 Å². The Morgan fingerprint density at radius 2 is 0.842 bits per heavy atom. The molecule has 1 amide bonds. The summed E-state index contributed by atoms with van der Waals surface area (Å²) in [6.07, 6.45) is 24.2. The Balaban J connectivity index is 2.43. The van der Waals surface area contributed by atoms with Crippen LogP contribution >= 0.6 is 7.82 Å². The maximum atomic E-state index is 12.9. The van der Waals surface area contributed by atoms with Gasteiger partial charge in [0.1, 0.15) is 36.6 Å². The standard InChI is InChI=1S/C44H88NO11P/c1-3-5-7-9-11-13-15-17-18-19-20-21-22-24-26-28-30-32-34-38(47)45-36(37(46)33-31-29-27-25-23-16-14-12-10-8-6-4-2)35-55-57(53,54)56-44-42(51)40(49)39(48)41(50)43(44)52/h36-37,39-44,46,48-52H,3-35H2,1-2H3,(H,45,47)(H,53,54)/t36-,37+,39?,40+,41?,42?,43?,44?/m0/s1. The van der Waals surface area contributed by atoms with Gasteiger partial charge in [0.15, 0.2) is 0 Å². The number of phosphoric acid groups is 1. The fourth-order valence-electron chi connectivity index (χ4n) is 7.79. The molecular formula is C44H88NO11P. The topological polar surface area (TPSA) is 206 Å². The number of hydrogen-bond acceptors (Lipinski definition) is 10. The van der Waals surface area contributed by atoms with Gasteiger partial charge in [-0.05, 0) is 12.8 Å². The Bertz CT molecular complexity index is 978. The molecule has 0 bridgehead atoms. The molecule has 0 aliphatic heterocycles. The molecule has 9 atom stereocenters. The second kappa shape index (κ2) is 35.0. The van der Waals surface area contributed by atoms with Gasteiger partial charge in [-0.25, -0.2) is 4.57 Å². The molecule has 1 aliphatic carbocycles. The Morgan fingerprint density at radius 1 is 0.526 bits per heavy atom. The number of amides is 1. The lowest BCUT2D eigenvalue weighted by Gasteiger charge is -2.41. The highest BCUT2D eigenvalue weighted by molar-refractivity contribution is 7.47. The summed E-state index contributed by atoms with van der Waals surface area (Å²) in [5, 5.41) is 64.1. The van der Waals surface area contributed by atoms with Gasteiger partial charge in [0.25, 0.3) is 0 Å². The molecule has 0 aromatic heterocycles. The van der Waals surface area contributed by atoms with Crippen molar-refractivity contribution in [3.63, 3.8) is 0 Å². The summed E-state index contributed by atoms with van der Waals surface area (Å²) >= 11 is 0. The molecular weight excluding hydrogens is 749 g/mol. The number of carbonyl (C=O) groups excluding carboxylic acids is 1. The highest BCUT2D eigenvalue weighted by Gasteiger charge is 2.51. The summed E-state index contributed by atoms with van der Waals surface area (Å²) in [6, 6.07) is -1.02. The van der Waals surface area contributed by atoms with Gasteiger partial charge >= 0.3 is 7.82 Å². The van der Waals surface area contributed by atoms with Crippen LogP contribution in [0.2, 0.25) is 0 Å². The molecule has 0 radical (unpaired) electrons. The lowest BCUT2D eigenvalue weighted by Crippen LogP contribution is -2.64. The summed E-state index contributed by atoms with van der Waals surface area (Å²) in [5.41, 5.74) is 0. The Morgan fingerprint density at radius 3 is 1.21 bits per heavy atom. The van der Waals surface area contributed by atoms with Crippen molar-refractivity contribution in [2.75, 3.05) is 6.61 Å². The fourth-order valence-corrected chi connectivity index (χ4v) is 8.76. The van der Waals surface area contributed by atoms with Crippen molar-refractivity contribution in [2.45, 2.75) is 268 Å². The minimum Gasteiger partial charge on any atom is -0.391 e. The summed E-state index contributed by atoms with van der Waals surface area (Å²) in [7, 11) is -5.05. The molecule has 12 nitrogen and oxygen atoms in total. The Hall–Kier alpha value is -0.660. The van der Waals surface area contributed by atoms with E-state index in [1.165, 1.54) is 141 Å². The summed E-state index contributed by atoms with van der Waals surface area (Å²) in [5.74, 6) is -0.305. The third-order valence-corrected chi connectivity index (χ3v) is 12.7. The Labute approximate surface area is 346 Å². The van der Waals surface area contributed by atoms with Gasteiger partial charge in [0.05, 0.1) is 18.8 Å². The number of unbranched alkanes of at least 4 members (excludes halogenated alkanes) is 28. The third-order valence-electron chi connectivity index (χ3n) is 11.7. The lowest BCUT2D eigenvalue weighted by atomic mass is 9.85. The van der Waals surface area contributed by atoms with Crippen molar-refractivity contribution in [2.24, 2.45) is 0 Å². The van der Waals surface area contributed by atoms with Crippen LogP contribution in [0, 0.1) is 0 Å². The smallest absolute Gasteiger partial charge is 0.391 e.